The fourth-order valence-electron chi connectivity index (χ4n) is 2.48. The van der Waals surface area contributed by atoms with Crippen molar-refractivity contribution >= 4 is 11.6 Å². The van der Waals surface area contributed by atoms with Crippen molar-refractivity contribution in [1.29, 1.82) is 0 Å². The lowest BCUT2D eigenvalue weighted by Gasteiger charge is -2.10. The van der Waals surface area contributed by atoms with E-state index in [9.17, 15) is 0 Å². The van der Waals surface area contributed by atoms with Crippen molar-refractivity contribution in [3.63, 3.8) is 0 Å². The minimum atomic E-state index is 0.851. The van der Waals surface area contributed by atoms with Crippen LogP contribution in [-0.4, -0.2) is 33.3 Å². The number of para-hydroxylation sites is 1. The van der Waals surface area contributed by atoms with Gasteiger partial charge in [-0.2, -0.15) is 0 Å². The lowest BCUT2D eigenvalue weighted by Crippen LogP contribution is -2.29. The van der Waals surface area contributed by atoms with E-state index >= 15 is 0 Å². The first-order valence-corrected chi connectivity index (χ1v) is 8.46. The Hall–Kier alpha value is -1.55. The second-order valence-corrected chi connectivity index (χ2v) is 5.81. The number of halogens is 1. The van der Waals surface area contributed by atoms with Gasteiger partial charge in [-0.05, 0) is 49.2 Å². The first-order valence-electron chi connectivity index (χ1n) is 8.08. The molecule has 124 valence electrons. The maximum absolute atomic E-state index is 6.14. The highest BCUT2D eigenvalue weighted by molar-refractivity contribution is 6.31. The Balaban J connectivity index is 1.54. The van der Waals surface area contributed by atoms with Crippen molar-refractivity contribution in [3.8, 4) is 5.75 Å². The Bertz CT molecular complexity index is 589. The van der Waals surface area contributed by atoms with Crippen molar-refractivity contribution in [2.45, 2.75) is 12.8 Å². The SMILES string of the molecule is COc1ccccc1CCNCCNCCc1ccccc1Cl. The smallest absolute Gasteiger partial charge is 0.122 e. The van der Waals surface area contributed by atoms with Crippen LogP contribution in [0.25, 0.3) is 0 Å². The number of hydrogen-bond donors (Lipinski definition) is 2. The topological polar surface area (TPSA) is 33.3 Å². The van der Waals surface area contributed by atoms with Crippen molar-refractivity contribution in [2.24, 2.45) is 0 Å². The predicted octanol–water partition coefficient (Wildman–Crippen LogP) is 3.31. The molecule has 2 aromatic rings. The van der Waals surface area contributed by atoms with Crippen molar-refractivity contribution in [2.75, 3.05) is 33.3 Å². The van der Waals surface area contributed by atoms with Gasteiger partial charge < -0.3 is 15.4 Å². The van der Waals surface area contributed by atoms with Gasteiger partial charge in [0.2, 0.25) is 0 Å². The van der Waals surface area contributed by atoms with E-state index in [1.54, 1.807) is 7.11 Å². The molecule has 0 aromatic heterocycles. The van der Waals surface area contributed by atoms with Gasteiger partial charge in [0.1, 0.15) is 5.75 Å². The number of benzene rings is 2. The molecule has 2 rings (SSSR count). The van der Waals surface area contributed by atoms with Crippen molar-refractivity contribution < 1.29 is 4.74 Å². The zero-order chi connectivity index (χ0) is 16.3. The lowest BCUT2D eigenvalue weighted by molar-refractivity contribution is 0.409. The molecular formula is C19H25ClN2O. The molecule has 0 amide bonds. The third-order valence-corrected chi connectivity index (χ3v) is 4.14. The molecule has 2 aromatic carbocycles. The quantitative estimate of drug-likeness (QED) is 0.655. The molecule has 2 N–H and O–H groups in total. The molecule has 0 atom stereocenters. The van der Waals surface area contributed by atoms with E-state index < -0.39 is 0 Å². The van der Waals surface area contributed by atoms with Gasteiger partial charge in [-0.15, -0.1) is 0 Å². The van der Waals surface area contributed by atoms with Crippen LogP contribution in [0, 0.1) is 0 Å². The Morgan fingerprint density at radius 1 is 0.783 bits per heavy atom. The summed E-state index contributed by atoms with van der Waals surface area (Å²) in [5.41, 5.74) is 2.44. The number of hydrogen-bond acceptors (Lipinski definition) is 3. The average molecular weight is 333 g/mol. The molecule has 0 aliphatic carbocycles. The zero-order valence-electron chi connectivity index (χ0n) is 13.6. The molecule has 0 aliphatic heterocycles. The molecule has 0 bridgehead atoms. The van der Waals surface area contributed by atoms with Crippen LogP contribution in [0.4, 0.5) is 0 Å². The van der Waals surface area contributed by atoms with E-state index in [2.05, 4.69) is 22.8 Å². The van der Waals surface area contributed by atoms with E-state index in [0.717, 1.165) is 49.8 Å². The molecule has 0 unspecified atom stereocenters. The summed E-state index contributed by atoms with van der Waals surface area (Å²) in [4.78, 5) is 0. The first-order chi connectivity index (χ1) is 11.3. The van der Waals surface area contributed by atoms with Crippen LogP contribution >= 0.6 is 11.6 Å². The summed E-state index contributed by atoms with van der Waals surface area (Å²) in [7, 11) is 1.72. The van der Waals surface area contributed by atoms with E-state index in [1.165, 1.54) is 11.1 Å². The Labute approximate surface area is 144 Å². The number of nitrogens with one attached hydrogen (secondary N) is 2. The fraction of sp³-hybridized carbons (Fsp3) is 0.368. The summed E-state index contributed by atoms with van der Waals surface area (Å²) in [5, 5.41) is 7.74. The number of ether oxygens (including phenoxy) is 1. The highest BCUT2D eigenvalue weighted by atomic mass is 35.5. The summed E-state index contributed by atoms with van der Waals surface area (Å²) in [6.45, 7) is 3.80. The van der Waals surface area contributed by atoms with Crippen LogP contribution in [0.2, 0.25) is 5.02 Å². The third-order valence-electron chi connectivity index (χ3n) is 3.77. The number of methoxy groups -OCH3 is 1. The third kappa shape index (κ3) is 6.22. The molecule has 0 spiro atoms. The van der Waals surface area contributed by atoms with Crippen LogP contribution in [0.1, 0.15) is 11.1 Å². The van der Waals surface area contributed by atoms with E-state index in [4.69, 9.17) is 16.3 Å². The van der Waals surface area contributed by atoms with Gasteiger partial charge >= 0.3 is 0 Å². The summed E-state index contributed by atoms with van der Waals surface area (Å²) < 4.78 is 5.36. The highest BCUT2D eigenvalue weighted by Gasteiger charge is 2.01. The standard InChI is InChI=1S/C19H25ClN2O/c1-23-19-9-5-3-7-17(19)11-13-22-15-14-21-12-10-16-6-2-4-8-18(16)20/h2-9,21-22H,10-15H2,1H3. The molecule has 0 heterocycles. The van der Waals surface area contributed by atoms with Crippen molar-refractivity contribution in [1.82, 2.24) is 10.6 Å². The van der Waals surface area contributed by atoms with Gasteiger partial charge in [0.05, 0.1) is 7.11 Å². The summed E-state index contributed by atoms with van der Waals surface area (Å²) in [6.07, 6.45) is 1.94. The molecular weight excluding hydrogens is 308 g/mol. The van der Waals surface area contributed by atoms with Gasteiger partial charge in [0.25, 0.3) is 0 Å². The number of rotatable bonds is 10. The van der Waals surface area contributed by atoms with E-state index in [-0.39, 0.29) is 0 Å². The summed E-state index contributed by atoms with van der Waals surface area (Å²) >= 11 is 6.14. The molecule has 0 aliphatic rings. The van der Waals surface area contributed by atoms with Gasteiger partial charge in [-0.25, -0.2) is 0 Å². The fourth-order valence-corrected chi connectivity index (χ4v) is 2.71. The van der Waals surface area contributed by atoms with Gasteiger partial charge in [0.15, 0.2) is 0 Å². The molecule has 3 nitrogen and oxygen atoms in total. The summed E-state index contributed by atoms with van der Waals surface area (Å²) in [6, 6.07) is 16.2. The summed E-state index contributed by atoms with van der Waals surface area (Å²) in [5.74, 6) is 0.965. The Morgan fingerprint density at radius 3 is 2.00 bits per heavy atom. The Kier molecular flexibility index (Phi) is 7.95. The van der Waals surface area contributed by atoms with Crippen LogP contribution in [0.15, 0.2) is 48.5 Å². The van der Waals surface area contributed by atoms with Gasteiger partial charge in [-0.3, -0.25) is 0 Å². The van der Waals surface area contributed by atoms with Crippen LogP contribution in [0.5, 0.6) is 5.75 Å². The van der Waals surface area contributed by atoms with Crippen LogP contribution in [0.3, 0.4) is 0 Å². The maximum Gasteiger partial charge on any atom is 0.122 e. The molecule has 23 heavy (non-hydrogen) atoms. The largest absolute Gasteiger partial charge is 0.496 e. The minimum Gasteiger partial charge on any atom is -0.496 e. The van der Waals surface area contributed by atoms with Crippen molar-refractivity contribution in [3.05, 3.63) is 64.7 Å². The molecule has 0 saturated carbocycles. The normalized spacial score (nSPS) is 10.7. The van der Waals surface area contributed by atoms with Gasteiger partial charge in [-0.1, -0.05) is 48.0 Å². The highest BCUT2D eigenvalue weighted by Crippen LogP contribution is 2.17. The van der Waals surface area contributed by atoms with E-state index in [0.29, 0.717) is 0 Å². The van der Waals surface area contributed by atoms with E-state index in [1.807, 2.05) is 36.4 Å². The average Bonchev–Trinajstić information content (AvgIpc) is 2.59. The predicted molar refractivity (Wildman–Crippen MR) is 97.6 cm³/mol. The van der Waals surface area contributed by atoms with Crippen LogP contribution in [-0.2, 0) is 12.8 Å². The monoisotopic (exact) mass is 332 g/mol. The Morgan fingerprint density at radius 2 is 1.35 bits per heavy atom. The maximum atomic E-state index is 6.14. The lowest BCUT2D eigenvalue weighted by atomic mass is 10.1. The first kappa shape index (κ1) is 17.8. The second kappa shape index (κ2) is 10.3. The van der Waals surface area contributed by atoms with Gasteiger partial charge in [0, 0.05) is 18.1 Å². The molecule has 0 radical (unpaired) electrons. The molecule has 4 heteroatoms. The molecule has 0 saturated heterocycles. The molecule has 0 fully saturated rings. The van der Waals surface area contributed by atoms with Crippen LogP contribution < -0.4 is 15.4 Å². The second-order valence-electron chi connectivity index (χ2n) is 5.40. The minimum absolute atomic E-state index is 0.851. The zero-order valence-corrected chi connectivity index (χ0v) is 14.4.